The van der Waals surface area contributed by atoms with Gasteiger partial charge in [0.25, 0.3) is 5.91 Å². The van der Waals surface area contributed by atoms with Crippen molar-refractivity contribution >= 4 is 17.3 Å². The van der Waals surface area contributed by atoms with E-state index in [4.69, 9.17) is 5.73 Å². The fourth-order valence-electron chi connectivity index (χ4n) is 3.15. The Morgan fingerprint density at radius 2 is 1.84 bits per heavy atom. The number of piperazine rings is 1. The summed E-state index contributed by atoms with van der Waals surface area (Å²) in [6, 6.07) is 13.7. The summed E-state index contributed by atoms with van der Waals surface area (Å²) in [7, 11) is 2.13. The Morgan fingerprint density at radius 3 is 2.52 bits per heavy atom. The summed E-state index contributed by atoms with van der Waals surface area (Å²) < 4.78 is 0. The van der Waals surface area contributed by atoms with Gasteiger partial charge in [-0.15, -0.1) is 0 Å². The standard InChI is InChI=1S/C20H26N4O/c1-15-5-3-4-6-17(15)20(25)22-18-13-16(14-21)7-8-19(18)24-11-9-23(2)10-12-24/h3-8,13H,9-12,14,21H2,1-2H3,(H,22,25). The molecule has 1 amide bonds. The minimum atomic E-state index is -0.0809. The van der Waals surface area contributed by atoms with Gasteiger partial charge < -0.3 is 20.9 Å². The van der Waals surface area contributed by atoms with Crippen molar-refractivity contribution in [2.45, 2.75) is 13.5 Å². The lowest BCUT2D eigenvalue weighted by Gasteiger charge is -2.35. The number of amides is 1. The van der Waals surface area contributed by atoms with Crippen LogP contribution in [0.15, 0.2) is 42.5 Å². The number of rotatable bonds is 4. The fourth-order valence-corrected chi connectivity index (χ4v) is 3.15. The summed E-state index contributed by atoms with van der Waals surface area (Å²) in [5.74, 6) is -0.0809. The second kappa shape index (κ2) is 7.68. The molecular formula is C20H26N4O. The van der Waals surface area contributed by atoms with E-state index in [1.54, 1.807) is 0 Å². The molecule has 0 bridgehead atoms. The summed E-state index contributed by atoms with van der Waals surface area (Å²) in [6.07, 6.45) is 0. The van der Waals surface area contributed by atoms with Gasteiger partial charge in [-0.1, -0.05) is 24.3 Å². The molecule has 0 saturated carbocycles. The van der Waals surface area contributed by atoms with E-state index in [1.807, 2.05) is 43.3 Å². The molecule has 1 aliphatic heterocycles. The molecule has 1 aliphatic rings. The summed E-state index contributed by atoms with van der Waals surface area (Å²) in [5.41, 5.74) is 10.4. The minimum Gasteiger partial charge on any atom is -0.367 e. The molecule has 0 unspecified atom stereocenters. The number of carbonyl (C=O) groups is 1. The lowest BCUT2D eigenvalue weighted by Crippen LogP contribution is -2.44. The maximum Gasteiger partial charge on any atom is 0.255 e. The topological polar surface area (TPSA) is 61.6 Å². The quantitative estimate of drug-likeness (QED) is 0.899. The smallest absolute Gasteiger partial charge is 0.255 e. The molecule has 0 radical (unpaired) electrons. The number of anilines is 2. The molecular weight excluding hydrogens is 312 g/mol. The van der Waals surface area contributed by atoms with E-state index in [9.17, 15) is 4.79 Å². The molecule has 1 fully saturated rings. The lowest BCUT2D eigenvalue weighted by molar-refractivity contribution is 0.102. The molecule has 1 heterocycles. The van der Waals surface area contributed by atoms with Crippen molar-refractivity contribution in [2.75, 3.05) is 43.4 Å². The summed E-state index contributed by atoms with van der Waals surface area (Å²) in [5, 5.41) is 3.10. The number of aryl methyl sites for hydroxylation is 1. The minimum absolute atomic E-state index is 0.0809. The van der Waals surface area contributed by atoms with Crippen LogP contribution in [-0.2, 0) is 6.54 Å². The second-order valence-electron chi connectivity index (χ2n) is 6.61. The van der Waals surface area contributed by atoms with Crippen LogP contribution in [0.25, 0.3) is 0 Å². The highest BCUT2D eigenvalue weighted by molar-refractivity contribution is 6.06. The van der Waals surface area contributed by atoms with Gasteiger partial charge in [0, 0.05) is 38.3 Å². The summed E-state index contributed by atoms with van der Waals surface area (Å²) in [6.45, 7) is 6.34. The lowest BCUT2D eigenvalue weighted by atomic mass is 10.1. The molecule has 5 nitrogen and oxygen atoms in total. The van der Waals surface area contributed by atoms with Crippen LogP contribution in [0.2, 0.25) is 0 Å². The number of nitrogens with zero attached hydrogens (tertiary/aromatic N) is 2. The molecule has 0 spiro atoms. The van der Waals surface area contributed by atoms with Crippen LogP contribution in [0, 0.1) is 6.92 Å². The highest BCUT2D eigenvalue weighted by Crippen LogP contribution is 2.29. The van der Waals surface area contributed by atoms with Crippen molar-refractivity contribution < 1.29 is 4.79 Å². The normalized spacial score (nSPS) is 15.2. The van der Waals surface area contributed by atoms with E-state index < -0.39 is 0 Å². The van der Waals surface area contributed by atoms with Crippen molar-refractivity contribution in [3.05, 3.63) is 59.2 Å². The Labute approximate surface area is 149 Å². The monoisotopic (exact) mass is 338 g/mol. The first-order valence-corrected chi connectivity index (χ1v) is 8.72. The average molecular weight is 338 g/mol. The predicted octanol–water partition coefficient (Wildman–Crippen LogP) is 2.46. The number of nitrogens with two attached hydrogens (primary N) is 1. The zero-order valence-corrected chi connectivity index (χ0v) is 15.0. The predicted molar refractivity (Wildman–Crippen MR) is 103 cm³/mol. The van der Waals surface area contributed by atoms with Gasteiger partial charge in [-0.2, -0.15) is 0 Å². The molecule has 0 aliphatic carbocycles. The molecule has 25 heavy (non-hydrogen) atoms. The third-order valence-corrected chi connectivity index (χ3v) is 4.78. The van der Waals surface area contributed by atoms with E-state index in [1.165, 1.54) is 0 Å². The molecule has 0 aromatic heterocycles. The first kappa shape index (κ1) is 17.5. The van der Waals surface area contributed by atoms with Crippen molar-refractivity contribution in [2.24, 2.45) is 5.73 Å². The fraction of sp³-hybridized carbons (Fsp3) is 0.350. The van der Waals surface area contributed by atoms with Gasteiger partial charge in [-0.05, 0) is 43.3 Å². The van der Waals surface area contributed by atoms with Gasteiger partial charge in [-0.3, -0.25) is 4.79 Å². The highest BCUT2D eigenvalue weighted by atomic mass is 16.1. The van der Waals surface area contributed by atoms with Crippen LogP contribution in [0.1, 0.15) is 21.5 Å². The van der Waals surface area contributed by atoms with Gasteiger partial charge >= 0.3 is 0 Å². The van der Waals surface area contributed by atoms with Gasteiger partial charge in [0.05, 0.1) is 11.4 Å². The Kier molecular flexibility index (Phi) is 5.36. The largest absolute Gasteiger partial charge is 0.367 e. The number of carbonyl (C=O) groups excluding carboxylic acids is 1. The van der Waals surface area contributed by atoms with E-state index >= 15 is 0 Å². The highest BCUT2D eigenvalue weighted by Gasteiger charge is 2.19. The van der Waals surface area contributed by atoms with Crippen LogP contribution < -0.4 is 16.0 Å². The van der Waals surface area contributed by atoms with Crippen molar-refractivity contribution in [3.63, 3.8) is 0 Å². The van der Waals surface area contributed by atoms with Gasteiger partial charge in [0.2, 0.25) is 0 Å². The summed E-state index contributed by atoms with van der Waals surface area (Å²) >= 11 is 0. The van der Waals surface area contributed by atoms with Gasteiger partial charge in [0.1, 0.15) is 0 Å². The third kappa shape index (κ3) is 4.00. The molecule has 132 valence electrons. The first-order chi connectivity index (χ1) is 12.1. The van der Waals surface area contributed by atoms with Crippen molar-refractivity contribution in [3.8, 4) is 0 Å². The van der Waals surface area contributed by atoms with E-state index in [0.29, 0.717) is 12.1 Å². The van der Waals surface area contributed by atoms with Crippen LogP contribution in [0.5, 0.6) is 0 Å². The maximum atomic E-state index is 12.8. The van der Waals surface area contributed by atoms with Crippen LogP contribution >= 0.6 is 0 Å². The van der Waals surface area contributed by atoms with E-state index in [0.717, 1.165) is 48.7 Å². The third-order valence-electron chi connectivity index (χ3n) is 4.78. The number of hydrogen-bond donors (Lipinski definition) is 2. The average Bonchev–Trinajstić information content (AvgIpc) is 2.63. The number of nitrogens with one attached hydrogen (secondary N) is 1. The number of hydrogen-bond acceptors (Lipinski definition) is 4. The van der Waals surface area contributed by atoms with Crippen LogP contribution in [0.4, 0.5) is 11.4 Å². The zero-order chi connectivity index (χ0) is 17.8. The Hall–Kier alpha value is -2.37. The second-order valence-corrected chi connectivity index (χ2v) is 6.61. The molecule has 3 N–H and O–H groups in total. The first-order valence-electron chi connectivity index (χ1n) is 8.72. The molecule has 5 heteroatoms. The van der Waals surface area contributed by atoms with Gasteiger partial charge in [-0.25, -0.2) is 0 Å². The maximum absolute atomic E-state index is 12.8. The van der Waals surface area contributed by atoms with E-state index in [-0.39, 0.29) is 5.91 Å². The SMILES string of the molecule is Cc1ccccc1C(=O)Nc1cc(CN)ccc1N1CCN(C)CC1. The van der Waals surface area contributed by atoms with Crippen molar-refractivity contribution in [1.82, 2.24) is 4.90 Å². The molecule has 0 atom stereocenters. The van der Waals surface area contributed by atoms with Crippen LogP contribution in [-0.4, -0.2) is 44.0 Å². The van der Waals surface area contributed by atoms with Crippen molar-refractivity contribution in [1.29, 1.82) is 0 Å². The number of benzene rings is 2. The van der Waals surface area contributed by atoms with Crippen LogP contribution in [0.3, 0.4) is 0 Å². The van der Waals surface area contributed by atoms with Gasteiger partial charge in [0.15, 0.2) is 0 Å². The van der Waals surface area contributed by atoms with E-state index in [2.05, 4.69) is 28.2 Å². The molecule has 2 aromatic carbocycles. The Morgan fingerprint density at radius 1 is 1.12 bits per heavy atom. The Balaban J connectivity index is 1.88. The molecule has 3 rings (SSSR count). The molecule has 2 aromatic rings. The zero-order valence-electron chi connectivity index (χ0n) is 15.0. The summed E-state index contributed by atoms with van der Waals surface area (Å²) in [4.78, 5) is 17.4. The Bertz CT molecular complexity index is 751. The molecule has 1 saturated heterocycles. The number of likely N-dealkylation sites (N-methyl/N-ethyl adjacent to an activating group) is 1.